The lowest BCUT2D eigenvalue weighted by atomic mass is 10.1. The molecule has 0 fully saturated rings. The quantitative estimate of drug-likeness (QED) is 0.762. The molecule has 2 nitrogen and oxygen atoms in total. The van der Waals surface area contributed by atoms with Gasteiger partial charge in [0, 0.05) is 17.5 Å². The first-order chi connectivity index (χ1) is 8.40. The Labute approximate surface area is 117 Å². The van der Waals surface area contributed by atoms with Crippen LogP contribution in [0, 0.1) is 0 Å². The molecular formula is C11H15BrF3NOS. The highest BCUT2D eigenvalue weighted by molar-refractivity contribution is 9.11. The van der Waals surface area contributed by atoms with Crippen LogP contribution < -0.4 is 5.32 Å². The predicted octanol–water partition coefficient (Wildman–Crippen LogP) is 3.61. The van der Waals surface area contributed by atoms with Gasteiger partial charge in [0.1, 0.15) is 6.61 Å². The van der Waals surface area contributed by atoms with Crippen molar-refractivity contribution in [3.8, 4) is 0 Å². The standard InChI is InChI=1S/C11H15BrF3NOS/c1-16-8(4-5-17-7-11(13,14)15)6-9-2-3-10(12)18-9/h2-3,8,16H,4-7H2,1H3. The molecular weight excluding hydrogens is 331 g/mol. The third-order valence-corrected chi connectivity index (χ3v) is 4.01. The largest absolute Gasteiger partial charge is 0.411 e. The van der Waals surface area contributed by atoms with Crippen LogP contribution in [0.2, 0.25) is 0 Å². The van der Waals surface area contributed by atoms with E-state index >= 15 is 0 Å². The Bertz CT molecular complexity index is 356. The summed E-state index contributed by atoms with van der Waals surface area (Å²) in [4.78, 5) is 1.19. The number of likely N-dealkylation sites (N-methyl/N-ethyl adjacent to an activating group) is 1. The molecule has 1 aromatic rings. The molecule has 0 aliphatic carbocycles. The van der Waals surface area contributed by atoms with Gasteiger partial charge in [0.05, 0.1) is 3.79 Å². The van der Waals surface area contributed by atoms with Gasteiger partial charge < -0.3 is 10.1 Å². The molecule has 0 spiro atoms. The summed E-state index contributed by atoms with van der Waals surface area (Å²) in [5, 5.41) is 3.09. The van der Waals surface area contributed by atoms with Crippen molar-refractivity contribution < 1.29 is 17.9 Å². The highest BCUT2D eigenvalue weighted by atomic mass is 79.9. The Morgan fingerprint density at radius 3 is 2.67 bits per heavy atom. The zero-order valence-corrected chi connectivity index (χ0v) is 12.3. The Balaban J connectivity index is 2.25. The molecule has 1 rings (SSSR count). The van der Waals surface area contributed by atoms with Crippen molar-refractivity contribution in [1.29, 1.82) is 0 Å². The fourth-order valence-electron chi connectivity index (χ4n) is 1.47. The second-order valence-corrected chi connectivity index (χ2v) is 6.40. The lowest BCUT2D eigenvalue weighted by Gasteiger charge is -2.15. The number of alkyl halides is 3. The monoisotopic (exact) mass is 345 g/mol. The smallest absolute Gasteiger partial charge is 0.372 e. The maximum Gasteiger partial charge on any atom is 0.411 e. The summed E-state index contributed by atoms with van der Waals surface area (Å²) in [6.45, 7) is -1.06. The van der Waals surface area contributed by atoms with E-state index in [9.17, 15) is 13.2 Å². The average molecular weight is 346 g/mol. The number of ether oxygens (including phenoxy) is 1. The van der Waals surface area contributed by atoms with Crippen LogP contribution in [0.5, 0.6) is 0 Å². The number of halogens is 4. The molecule has 18 heavy (non-hydrogen) atoms. The Morgan fingerprint density at radius 1 is 1.44 bits per heavy atom. The van der Waals surface area contributed by atoms with Crippen LogP contribution in [0.25, 0.3) is 0 Å². The molecule has 1 N–H and O–H groups in total. The van der Waals surface area contributed by atoms with Gasteiger partial charge in [-0.1, -0.05) is 0 Å². The average Bonchev–Trinajstić information content (AvgIpc) is 2.67. The molecule has 0 aliphatic heterocycles. The van der Waals surface area contributed by atoms with E-state index in [1.165, 1.54) is 4.88 Å². The molecule has 7 heteroatoms. The van der Waals surface area contributed by atoms with E-state index < -0.39 is 12.8 Å². The van der Waals surface area contributed by atoms with Gasteiger partial charge in [0.15, 0.2) is 0 Å². The van der Waals surface area contributed by atoms with Crippen molar-refractivity contribution in [2.45, 2.75) is 25.1 Å². The van der Waals surface area contributed by atoms with Gasteiger partial charge in [-0.3, -0.25) is 0 Å². The minimum absolute atomic E-state index is 0.109. The van der Waals surface area contributed by atoms with E-state index in [0.29, 0.717) is 6.42 Å². The van der Waals surface area contributed by atoms with E-state index in [2.05, 4.69) is 26.0 Å². The van der Waals surface area contributed by atoms with E-state index in [1.807, 2.05) is 12.1 Å². The van der Waals surface area contributed by atoms with E-state index in [4.69, 9.17) is 0 Å². The highest BCUT2D eigenvalue weighted by Gasteiger charge is 2.27. The molecule has 0 radical (unpaired) electrons. The van der Waals surface area contributed by atoms with Crippen LogP contribution in [-0.4, -0.2) is 32.5 Å². The van der Waals surface area contributed by atoms with Gasteiger partial charge in [0.25, 0.3) is 0 Å². The summed E-state index contributed by atoms with van der Waals surface area (Å²) in [6, 6.07) is 4.10. The molecule has 0 saturated heterocycles. The SMILES string of the molecule is CNC(CCOCC(F)(F)F)Cc1ccc(Br)s1. The van der Waals surface area contributed by atoms with Crippen molar-refractivity contribution in [3.05, 3.63) is 20.8 Å². The third-order valence-electron chi connectivity index (χ3n) is 2.36. The normalized spacial score (nSPS) is 13.8. The second-order valence-electron chi connectivity index (χ2n) is 3.85. The van der Waals surface area contributed by atoms with E-state index in [-0.39, 0.29) is 12.6 Å². The van der Waals surface area contributed by atoms with Gasteiger partial charge in [-0.25, -0.2) is 0 Å². The zero-order valence-electron chi connectivity index (χ0n) is 9.89. The molecule has 0 bridgehead atoms. The van der Waals surface area contributed by atoms with Crippen molar-refractivity contribution in [1.82, 2.24) is 5.32 Å². The summed E-state index contributed by atoms with van der Waals surface area (Å²) in [5.41, 5.74) is 0. The highest BCUT2D eigenvalue weighted by Crippen LogP contribution is 2.23. The number of thiophene rings is 1. The zero-order chi connectivity index (χ0) is 13.6. The third kappa shape index (κ3) is 6.72. The molecule has 0 aromatic carbocycles. The fraction of sp³-hybridized carbons (Fsp3) is 0.636. The molecule has 1 aromatic heterocycles. The van der Waals surface area contributed by atoms with Crippen LogP contribution in [0.4, 0.5) is 13.2 Å². The maximum absolute atomic E-state index is 11.9. The number of rotatable bonds is 7. The van der Waals surface area contributed by atoms with Crippen LogP contribution in [0.3, 0.4) is 0 Å². The van der Waals surface area contributed by atoms with Gasteiger partial charge in [0.2, 0.25) is 0 Å². The summed E-state index contributed by atoms with van der Waals surface area (Å²) >= 11 is 5.01. The Hall–Kier alpha value is -0.110. The van der Waals surface area contributed by atoms with E-state index in [0.717, 1.165) is 10.2 Å². The second kappa shape index (κ2) is 7.47. The van der Waals surface area contributed by atoms with Crippen LogP contribution in [-0.2, 0) is 11.2 Å². The number of hydrogen-bond donors (Lipinski definition) is 1. The predicted molar refractivity (Wildman–Crippen MR) is 70.1 cm³/mol. The topological polar surface area (TPSA) is 21.3 Å². The summed E-state index contributed by atoms with van der Waals surface area (Å²) < 4.78 is 41.3. The van der Waals surface area contributed by atoms with Gasteiger partial charge in [-0.05, 0) is 48.0 Å². The van der Waals surface area contributed by atoms with Gasteiger partial charge in [-0.15, -0.1) is 11.3 Å². The van der Waals surface area contributed by atoms with Crippen LogP contribution in [0.1, 0.15) is 11.3 Å². The first-order valence-electron chi connectivity index (χ1n) is 5.46. The first-order valence-corrected chi connectivity index (χ1v) is 7.07. The fourth-order valence-corrected chi connectivity index (χ4v) is 3.03. The van der Waals surface area contributed by atoms with E-state index in [1.54, 1.807) is 18.4 Å². The summed E-state index contributed by atoms with van der Waals surface area (Å²) in [5.74, 6) is 0. The van der Waals surface area contributed by atoms with Crippen molar-refractivity contribution in [2.24, 2.45) is 0 Å². The molecule has 1 heterocycles. The van der Waals surface area contributed by atoms with Crippen molar-refractivity contribution in [3.63, 3.8) is 0 Å². The number of hydrogen-bond acceptors (Lipinski definition) is 3. The number of nitrogens with one attached hydrogen (secondary N) is 1. The Kier molecular flexibility index (Phi) is 6.62. The summed E-state index contributed by atoms with van der Waals surface area (Å²) in [7, 11) is 1.80. The summed E-state index contributed by atoms with van der Waals surface area (Å²) in [6.07, 6.45) is -2.89. The lowest BCUT2D eigenvalue weighted by molar-refractivity contribution is -0.174. The van der Waals surface area contributed by atoms with Crippen molar-refractivity contribution in [2.75, 3.05) is 20.3 Å². The molecule has 0 aliphatic rings. The van der Waals surface area contributed by atoms with Gasteiger partial charge >= 0.3 is 6.18 Å². The maximum atomic E-state index is 11.9. The van der Waals surface area contributed by atoms with Crippen LogP contribution in [0.15, 0.2) is 15.9 Å². The van der Waals surface area contributed by atoms with Gasteiger partial charge in [-0.2, -0.15) is 13.2 Å². The lowest BCUT2D eigenvalue weighted by Crippen LogP contribution is -2.29. The molecule has 1 atom stereocenters. The first kappa shape index (κ1) is 15.9. The molecule has 104 valence electrons. The minimum atomic E-state index is -4.24. The van der Waals surface area contributed by atoms with Crippen LogP contribution >= 0.6 is 27.3 Å². The molecule has 0 amide bonds. The molecule has 0 saturated carbocycles. The Morgan fingerprint density at radius 2 is 2.17 bits per heavy atom. The molecule has 1 unspecified atom stereocenters. The van der Waals surface area contributed by atoms with Crippen molar-refractivity contribution >= 4 is 27.3 Å². The minimum Gasteiger partial charge on any atom is -0.372 e.